The Balaban J connectivity index is 4.52. The quantitative estimate of drug-likeness (QED) is 0.452. The molecule has 0 aliphatic heterocycles. The molecule has 2 unspecified atom stereocenters. The second-order valence-corrected chi connectivity index (χ2v) is 2.89. The maximum atomic E-state index is 9.57. The first kappa shape index (κ1) is 13.1. The fourth-order valence-electron chi connectivity index (χ4n) is 0.986. The summed E-state index contributed by atoms with van der Waals surface area (Å²) < 4.78 is 0. The molecule has 80 valence electrons. The number of hydrogen-bond donors (Lipinski definition) is 3. The smallest absolute Gasteiger partial charge is 0.107 e. The number of rotatable bonds is 5. The van der Waals surface area contributed by atoms with Crippen molar-refractivity contribution in [2.24, 2.45) is 0 Å². The average Bonchev–Trinajstić information content (AvgIpc) is 2.19. The van der Waals surface area contributed by atoms with Crippen LogP contribution in [0.4, 0.5) is 0 Å². The van der Waals surface area contributed by atoms with Crippen molar-refractivity contribution in [3.05, 3.63) is 36.0 Å². The van der Waals surface area contributed by atoms with Gasteiger partial charge in [-0.25, -0.2) is 0 Å². The fourth-order valence-corrected chi connectivity index (χ4v) is 0.986. The van der Waals surface area contributed by atoms with E-state index in [-0.39, 0.29) is 6.61 Å². The van der Waals surface area contributed by atoms with Crippen LogP contribution < -0.4 is 0 Å². The van der Waals surface area contributed by atoms with Crippen LogP contribution in [0.25, 0.3) is 0 Å². The van der Waals surface area contributed by atoms with Crippen LogP contribution in [-0.4, -0.2) is 34.1 Å². The van der Waals surface area contributed by atoms with Crippen LogP contribution in [0.2, 0.25) is 0 Å². The highest BCUT2D eigenvalue weighted by Crippen LogP contribution is 2.08. The summed E-state index contributed by atoms with van der Waals surface area (Å²) in [5, 5.41) is 27.9. The minimum Gasteiger partial charge on any atom is -0.392 e. The Morgan fingerprint density at radius 1 is 1.21 bits per heavy atom. The zero-order valence-electron chi connectivity index (χ0n) is 8.59. The van der Waals surface area contributed by atoms with Crippen molar-refractivity contribution in [1.29, 1.82) is 0 Å². The van der Waals surface area contributed by atoms with Gasteiger partial charge in [-0.15, -0.1) is 0 Å². The van der Waals surface area contributed by atoms with E-state index < -0.39 is 12.2 Å². The molecule has 0 aliphatic rings. The van der Waals surface area contributed by atoms with Crippen molar-refractivity contribution < 1.29 is 15.3 Å². The Kier molecular flexibility index (Phi) is 7.02. The Bertz CT molecular complexity index is 229. The third-order valence-electron chi connectivity index (χ3n) is 1.78. The largest absolute Gasteiger partial charge is 0.392 e. The lowest BCUT2D eigenvalue weighted by atomic mass is 10.0. The van der Waals surface area contributed by atoms with Crippen LogP contribution in [-0.2, 0) is 0 Å². The molecule has 0 saturated carbocycles. The Labute approximate surface area is 84.7 Å². The van der Waals surface area contributed by atoms with Gasteiger partial charge in [-0.3, -0.25) is 0 Å². The monoisotopic (exact) mass is 198 g/mol. The molecule has 0 aromatic heterocycles. The lowest BCUT2D eigenvalue weighted by Gasteiger charge is -2.16. The van der Waals surface area contributed by atoms with Crippen molar-refractivity contribution in [2.45, 2.75) is 26.1 Å². The van der Waals surface area contributed by atoms with Crippen molar-refractivity contribution in [3.8, 4) is 0 Å². The van der Waals surface area contributed by atoms with Crippen molar-refractivity contribution in [2.75, 3.05) is 6.61 Å². The topological polar surface area (TPSA) is 60.7 Å². The molecule has 0 aliphatic carbocycles. The molecule has 0 aromatic rings. The molecule has 0 amide bonds. The molecule has 0 bridgehead atoms. The Hall–Kier alpha value is -0.900. The van der Waals surface area contributed by atoms with Crippen LogP contribution in [0.5, 0.6) is 0 Å². The van der Waals surface area contributed by atoms with Gasteiger partial charge in [0.2, 0.25) is 0 Å². The van der Waals surface area contributed by atoms with Gasteiger partial charge in [0.05, 0.1) is 6.61 Å². The maximum Gasteiger partial charge on any atom is 0.107 e. The molecule has 3 nitrogen and oxygen atoms in total. The second kappa shape index (κ2) is 7.50. The molecule has 0 spiro atoms. The molecular weight excluding hydrogens is 180 g/mol. The molecule has 0 radical (unpaired) electrons. The van der Waals surface area contributed by atoms with Gasteiger partial charge in [0, 0.05) is 0 Å². The zero-order valence-corrected chi connectivity index (χ0v) is 8.59. The number of hydrogen-bond acceptors (Lipinski definition) is 3. The molecule has 0 aromatic carbocycles. The van der Waals surface area contributed by atoms with Crippen LogP contribution >= 0.6 is 0 Å². The SMILES string of the molecule is C/C=C/C=C(\CO)C(O)C(O)/C=C/C. The van der Waals surface area contributed by atoms with Gasteiger partial charge in [-0.2, -0.15) is 0 Å². The first-order chi connectivity index (χ1) is 6.67. The lowest BCUT2D eigenvalue weighted by Crippen LogP contribution is -2.27. The summed E-state index contributed by atoms with van der Waals surface area (Å²) in [4.78, 5) is 0. The molecule has 0 heterocycles. The predicted molar refractivity (Wildman–Crippen MR) is 56.8 cm³/mol. The Morgan fingerprint density at radius 2 is 1.86 bits per heavy atom. The van der Waals surface area contributed by atoms with E-state index >= 15 is 0 Å². The van der Waals surface area contributed by atoms with Gasteiger partial charge in [0.15, 0.2) is 0 Å². The highest BCUT2D eigenvalue weighted by atomic mass is 16.3. The van der Waals surface area contributed by atoms with E-state index in [0.717, 1.165) is 0 Å². The minimum absolute atomic E-state index is 0.264. The van der Waals surface area contributed by atoms with Gasteiger partial charge in [0.25, 0.3) is 0 Å². The van der Waals surface area contributed by atoms with Crippen molar-refractivity contribution in [1.82, 2.24) is 0 Å². The van der Waals surface area contributed by atoms with E-state index in [4.69, 9.17) is 5.11 Å². The average molecular weight is 198 g/mol. The third-order valence-corrected chi connectivity index (χ3v) is 1.78. The molecule has 3 N–H and O–H groups in total. The summed E-state index contributed by atoms with van der Waals surface area (Å²) in [6.45, 7) is 3.32. The fraction of sp³-hybridized carbons (Fsp3) is 0.455. The van der Waals surface area contributed by atoms with E-state index in [9.17, 15) is 10.2 Å². The highest BCUT2D eigenvalue weighted by Gasteiger charge is 2.16. The van der Waals surface area contributed by atoms with Gasteiger partial charge >= 0.3 is 0 Å². The van der Waals surface area contributed by atoms with Gasteiger partial charge < -0.3 is 15.3 Å². The molecule has 0 rings (SSSR count). The van der Waals surface area contributed by atoms with Crippen LogP contribution in [0.1, 0.15) is 13.8 Å². The van der Waals surface area contributed by atoms with Crippen LogP contribution in [0.3, 0.4) is 0 Å². The molecular formula is C11H18O3. The molecule has 0 fully saturated rings. The van der Waals surface area contributed by atoms with Gasteiger partial charge in [-0.05, 0) is 19.4 Å². The van der Waals surface area contributed by atoms with E-state index in [1.807, 2.05) is 6.92 Å². The summed E-state index contributed by atoms with van der Waals surface area (Å²) in [5.41, 5.74) is 0.397. The molecule has 3 heteroatoms. The second-order valence-electron chi connectivity index (χ2n) is 2.89. The Morgan fingerprint density at radius 3 is 2.29 bits per heavy atom. The summed E-state index contributed by atoms with van der Waals surface area (Å²) in [5.74, 6) is 0. The first-order valence-electron chi connectivity index (χ1n) is 4.58. The van der Waals surface area contributed by atoms with E-state index in [0.29, 0.717) is 5.57 Å². The number of aliphatic hydroxyl groups excluding tert-OH is 3. The summed E-state index contributed by atoms with van der Waals surface area (Å²) >= 11 is 0. The summed E-state index contributed by atoms with van der Waals surface area (Å²) in [7, 11) is 0. The van der Waals surface area contributed by atoms with Gasteiger partial charge in [-0.1, -0.05) is 30.4 Å². The highest BCUT2D eigenvalue weighted by molar-refractivity contribution is 5.19. The van der Waals surface area contributed by atoms with Crippen LogP contribution in [0.15, 0.2) is 36.0 Å². The zero-order chi connectivity index (χ0) is 11.0. The van der Waals surface area contributed by atoms with Crippen LogP contribution in [0, 0.1) is 0 Å². The standard InChI is InChI=1S/C11H18O3/c1-3-5-7-9(8-12)11(14)10(13)6-4-2/h3-7,10-14H,8H2,1-2H3/b5-3+,6-4+,9-7+. The van der Waals surface area contributed by atoms with E-state index in [1.165, 1.54) is 6.08 Å². The predicted octanol–water partition coefficient (Wildman–Crippen LogP) is 0.779. The van der Waals surface area contributed by atoms with E-state index in [2.05, 4.69) is 0 Å². The minimum atomic E-state index is -1.05. The molecule has 2 atom stereocenters. The lowest BCUT2D eigenvalue weighted by molar-refractivity contribution is 0.0654. The summed E-state index contributed by atoms with van der Waals surface area (Å²) in [6, 6.07) is 0. The summed E-state index contributed by atoms with van der Waals surface area (Å²) in [6.07, 6.45) is 6.19. The normalized spacial score (nSPS) is 17.9. The third kappa shape index (κ3) is 4.37. The number of allylic oxidation sites excluding steroid dienone is 4. The van der Waals surface area contributed by atoms with Gasteiger partial charge in [0.1, 0.15) is 12.2 Å². The molecule has 14 heavy (non-hydrogen) atoms. The van der Waals surface area contributed by atoms with Crippen molar-refractivity contribution in [3.63, 3.8) is 0 Å². The van der Waals surface area contributed by atoms with E-state index in [1.54, 1.807) is 31.2 Å². The molecule has 0 saturated heterocycles. The maximum absolute atomic E-state index is 9.57. The number of aliphatic hydroxyl groups is 3. The first-order valence-corrected chi connectivity index (χ1v) is 4.58. The van der Waals surface area contributed by atoms with Crippen molar-refractivity contribution >= 4 is 0 Å².